The lowest BCUT2D eigenvalue weighted by atomic mass is 9.99. The number of unbranched alkanes of at least 4 members (excludes halogenated alkanes) is 1. The Kier molecular flexibility index (Phi) is 6.58. The lowest BCUT2D eigenvalue weighted by Gasteiger charge is -2.30. The highest BCUT2D eigenvalue weighted by atomic mass is 16.6. The fourth-order valence-electron chi connectivity index (χ4n) is 1.07. The maximum absolute atomic E-state index is 11.4. The first-order chi connectivity index (χ1) is 7.75. The zero-order valence-electron chi connectivity index (χ0n) is 10.0. The fraction of sp³-hybridized carbons (Fsp3) is 0.900. The molecule has 0 aliphatic rings. The fourth-order valence-corrected chi connectivity index (χ4v) is 1.07. The quantitative estimate of drug-likeness (QED) is 0.202. The van der Waals surface area contributed by atoms with Crippen LogP contribution in [0.15, 0.2) is 0 Å². The molecule has 0 aliphatic carbocycles. The zero-order valence-corrected chi connectivity index (χ0v) is 10.0. The molecule has 0 aromatic heterocycles. The first-order valence-electron chi connectivity index (χ1n) is 5.47. The van der Waals surface area contributed by atoms with Gasteiger partial charge in [0.15, 0.2) is 0 Å². The van der Waals surface area contributed by atoms with Crippen molar-refractivity contribution >= 4 is 5.97 Å². The molecule has 0 rings (SSSR count). The van der Waals surface area contributed by atoms with Gasteiger partial charge < -0.3 is 25.2 Å². The van der Waals surface area contributed by atoms with Crippen molar-refractivity contribution in [3.05, 3.63) is 0 Å². The molecule has 0 saturated heterocycles. The summed E-state index contributed by atoms with van der Waals surface area (Å²) >= 11 is 0. The minimum Gasteiger partial charge on any atom is -0.462 e. The molecule has 0 bridgehead atoms. The van der Waals surface area contributed by atoms with Crippen molar-refractivity contribution < 1.29 is 30.0 Å². The summed E-state index contributed by atoms with van der Waals surface area (Å²) < 4.78 is 4.63. The Morgan fingerprint density at radius 2 is 1.94 bits per heavy atom. The first kappa shape index (κ1) is 16.3. The van der Waals surface area contributed by atoms with E-state index in [-0.39, 0.29) is 6.61 Å². The van der Waals surface area contributed by atoms with Gasteiger partial charge in [-0.05, 0) is 13.3 Å². The number of carbonyl (C=O) groups excluding carboxylic acids is 1. The van der Waals surface area contributed by atoms with Gasteiger partial charge in [0.1, 0.15) is 12.2 Å². The van der Waals surface area contributed by atoms with Gasteiger partial charge in [-0.25, -0.2) is 4.79 Å². The second kappa shape index (κ2) is 6.87. The summed E-state index contributed by atoms with van der Waals surface area (Å²) in [6.07, 6.45) is -3.74. The van der Waals surface area contributed by atoms with Crippen LogP contribution in [0.3, 0.4) is 0 Å². The molecule has 0 amide bonds. The zero-order chi connectivity index (χ0) is 13.6. The Balaban J connectivity index is 4.47. The van der Waals surface area contributed by atoms with E-state index in [4.69, 9.17) is 10.8 Å². The van der Waals surface area contributed by atoms with E-state index in [1.165, 1.54) is 6.92 Å². The molecule has 0 fully saturated rings. The Labute approximate surface area is 99.8 Å². The number of ether oxygens (including phenoxy) is 1. The van der Waals surface area contributed by atoms with Crippen LogP contribution >= 0.6 is 0 Å². The predicted octanol–water partition coefficient (Wildman–Crippen LogP) is -1.92. The normalized spacial score (nSPS) is 20.2. The summed E-state index contributed by atoms with van der Waals surface area (Å²) in [4.78, 5) is 11.4. The van der Waals surface area contributed by atoms with Crippen molar-refractivity contribution in [1.82, 2.24) is 0 Å². The van der Waals surface area contributed by atoms with Crippen LogP contribution in [0, 0.1) is 0 Å². The lowest BCUT2D eigenvalue weighted by molar-refractivity contribution is -0.192. The maximum Gasteiger partial charge on any atom is 0.356 e. The molecule has 7 nitrogen and oxygen atoms in total. The molecule has 0 aromatic rings. The van der Waals surface area contributed by atoms with E-state index in [9.17, 15) is 20.1 Å². The molecule has 0 aliphatic heterocycles. The molecule has 4 atom stereocenters. The first-order valence-corrected chi connectivity index (χ1v) is 5.47. The molecule has 0 heterocycles. The monoisotopic (exact) mass is 251 g/mol. The van der Waals surface area contributed by atoms with Gasteiger partial charge in [-0.2, -0.15) is 0 Å². The number of rotatable bonds is 7. The van der Waals surface area contributed by atoms with Crippen LogP contribution in [0.4, 0.5) is 0 Å². The Hall–Kier alpha value is -0.730. The number of aliphatic hydroxyl groups excluding tert-OH is 3. The standard InChI is InChI=1S/C10H21NO6/c1-3-4-5-17-9(15)10(11,16)8(14)7(13)6(2)12/h6-8,12-14,16H,3-5,11H2,1-2H3. The third-order valence-electron chi connectivity index (χ3n) is 2.33. The molecule has 102 valence electrons. The van der Waals surface area contributed by atoms with E-state index < -0.39 is 30.0 Å². The van der Waals surface area contributed by atoms with Gasteiger partial charge in [0.25, 0.3) is 0 Å². The number of hydrogen-bond donors (Lipinski definition) is 5. The third kappa shape index (κ3) is 4.57. The molecule has 0 spiro atoms. The van der Waals surface area contributed by atoms with Crippen molar-refractivity contribution in [2.75, 3.05) is 6.61 Å². The SMILES string of the molecule is CCCCOC(=O)C(N)(O)C(O)C(O)C(C)O. The number of hydrogen-bond acceptors (Lipinski definition) is 7. The van der Waals surface area contributed by atoms with Gasteiger partial charge in [-0.3, -0.25) is 5.73 Å². The van der Waals surface area contributed by atoms with E-state index in [2.05, 4.69) is 4.74 Å². The van der Waals surface area contributed by atoms with Crippen molar-refractivity contribution in [2.24, 2.45) is 5.73 Å². The van der Waals surface area contributed by atoms with Crippen LogP contribution in [-0.4, -0.2) is 57.0 Å². The van der Waals surface area contributed by atoms with Gasteiger partial charge in [-0.15, -0.1) is 0 Å². The Bertz CT molecular complexity index is 243. The summed E-state index contributed by atoms with van der Waals surface area (Å²) in [6, 6.07) is 0. The van der Waals surface area contributed by atoms with Crippen LogP contribution in [0.2, 0.25) is 0 Å². The Morgan fingerprint density at radius 1 is 1.41 bits per heavy atom. The second-order valence-electron chi connectivity index (χ2n) is 3.99. The molecule has 6 N–H and O–H groups in total. The highest BCUT2D eigenvalue weighted by molar-refractivity contribution is 5.79. The number of esters is 1. The summed E-state index contributed by atoms with van der Waals surface area (Å²) in [6.45, 7) is 3.13. The van der Waals surface area contributed by atoms with E-state index in [0.717, 1.165) is 6.42 Å². The third-order valence-corrected chi connectivity index (χ3v) is 2.33. The molecule has 0 aromatic carbocycles. The van der Waals surface area contributed by atoms with Gasteiger partial charge in [0.05, 0.1) is 12.7 Å². The van der Waals surface area contributed by atoms with Crippen molar-refractivity contribution in [3.63, 3.8) is 0 Å². The minimum absolute atomic E-state index is 0.0618. The summed E-state index contributed by atoms with van der Waals surface area (Å²) in [5.41, 5.74) is 2.44. The lowest BCUT2D eigenvalue weighted by Crippen LogP contribution is -2.63. The van der Waals surface area contributed by atoms with E-state index in [1.54, 1.807) is 0 Å². The van der Waals surface area contributed by atoms with E-state index in [1.807, 2.05) is 6.92 Å². The molecule has 17 heavy (non-hydrogen) atoms. The van der Waals surface area contributed by atoms with Gasteiger partial charge >= 0.3 is 5.97 Å². The van der Waals surface area contributed by atoms with Crippen LogP contribution in [0.1, 0.15) is 26.7 Å². The maximum atomic E-state index is 11.4. The predicted molar refractivity (Wildman–Crippen MR) is 58.7 cm³/mol. The number of carbonyl (C=O) groups is 1. The van der Waals surface area contributed by atoms with Crippen molar-refractivity contribution in [2.45, 2.75) is 50.7 Å². The van der Waals surface area contributed by atoms with Crippen LogP contribution in [-0.2, 0) is 9.53 Å². The summed E-state index contributed by atoms with van der Waals surface area (Å²) in [7, 11) is 0. The highest BCUT2D eigenvalue weighted by Crippen LogP contribution is 2.13. The second-order valence-corrected chi connectivity index (χ2v) is 3.99. The average molecular weight is 251 g/mol. The van der Waals surface area contributed by atoms with E-state index in [0.29, 0.717) is 6.42 Å². The van der Waals surface area contributed by atoms with E-state index >= 15 is 0 Å². The van der Waals surface area contributed by atoms with Crippen molar-refractivity contribution in [3.8, 4) is 0 Å². The molecular formula is C10H21NO6. The topological polar surface area (TPSA) is 133 Å². The minimum atomic E-state index is -2.75. The van der Waals surface area contributed by atoms with Gasteiger partial charge in [0, 0.05) is 0 Å². The van der Waals surface area contributed by atoms with Gasteiger partial charge in [0.2, 0.25) is 5.72 Å². The molecule has 4 unspecified atom stereocenters. The smallest absolute Gasteiger partial charge is 0.356 e. The molecule has 0 radical (unpaired) electrons. The van der Waals surface area contributed by atoms with Crippen LogP contribution in [0.5, 0.6) is 0 Å². The Morgan fingerprint density at radius 3 is 2.35 bits per heavy atom. The van der Waals surface area contributed by atoms with Crippen LogP contribution in [0.25, 0.3) is 0 Å². The molecular weight excluding hydrogens is 230 g/mol. The summed E-state index contributed by atoms with van der Waals surface area (Å²) in [5.74, 6) is -1.24. The largest absolute Gasteiger partial charge is 0.462 e. The van der Waals surface area contributed by atoms with Crippen molar-refractivity contribution in [1.29, 1.82) is 0 Å². The average Bonchev–Trinajstić information content (AvgIpc) is 2.26. The summed E-state index contributed by atoms with van der Waals surface area (Å²) in [5, 5.41) is 37.3. The molecule has 7 heteroatoms. The number of aliphatic hydroxyl groups is 4. The highest BCUT2D eigenvalue weighted by Gasteiger charge is 2.46. The van der Waals surface area contributed by atoms with Gasteiger partial charge in [-0.1, -0.05) is 13.3 Å². The molecule has 0 saturated carbocycles. The van der Waals surface area contributed by atoms with Crippen LogP contribution < -0.4 is 5.73 Å². The number of nitrogens with two attached hydrogens (primary N) is 1.